The largest absolute Gasteiger partial charge is 0.387 e. The van der Waals surface area contributed by atoms with Crippen LogP contribution in [0, 0.1) is 5.41 Å². The zero-order chi connectivity index (χ0) is 19.9. The summed E-state index contributed by atoms with van der Waals surface area (Å²) in [5.41, 5.74) is 5.97. The van der Waals surface area contributed by atoms with E-state index in [9.17, 15) is 5.11 Å². The minimum atomic E-state index is -0.748. The van der Waals surface area contributed by atoms with Crippen molar-refractivity contribution in [1.29, 1.82) is 0 Å². The van der Waals surface area contributed by atoms with Gasteiger partial charge < -0.3 is 5.11 Å². The Morgan fingerprint density at radius 1 is 0.893 bits per heavy atom. The van der Waals surface area contributed by atoms with Crippen LogP contribution in [0.15, 0.2) is 42.5 Å². The molecule has 2 heteroatoms. The Bertz CT molecular complexity index is 957. The highest BCUT2D eigenvalue weighted by Gasteiger charge is 2.65. The smallest absolute Gasteiger partial charge is 0.0929 e. The van der Waals surface area contributed by atoms with Gasteiger partial charge in [-0.1, -0.05) is 70.2 Å². The minimum Gasteiger partial charge on any atom is -0.387 e. The lowest BCUT2D eigenvalue weighted by molar-refractivity contribution is -0.135. The van der Waals surface area contributed by atoms with E-state index in [4.69, 9.17) is 0 Å². The Morgan fingerprint density at radius 2 is 1.54 bits per heavy atom. The summed E-state index contributed by atoms with van der Waals surface area (Å²) in [4.78, 5) is 2.59. The minimum absolute atomic E-state index is 0.0261. The quantitative estimate of drug-likeness (QED) is 0.715. The Morgan fingerprint density at radius 3 is 2.29 bits per heavy atom. The van der Waals surface area contributed by atoms with Crippen LogP contribution in [0.2, 0.25) is 0 Å². The second-order valence-electron chi connectivity index (χ2n) is 10.7. The van der Waals surface area contributed by atoms with Crippen LogP contribution >= 0.6 is 0 Å². The van der Waals surface area contributed by atoms with Crippen molar-refractivity contribution >= 4 is 0 Å². The van der Waals surface area contributed by atoms with Crippen molar-refractivity contribution in [3.8, 4) is 0 Å². The van der Waals surface area contributed by atoms with Crippen molar-refractivity contribution in [1.82, 2.24) is 4.90 Å². The van der Waals surface area contributed by atoms with Gasteiger partial charge >= 0.3 is 0 Å². The zero-order valence-corrected chi connectivity index (χ0v) is 18.0. The van der Waals surface area contributed by atoms with Crippen LogP contribution in [-0.4, -0.2) is 28.7 Å². The number of hydrogen-bond donors (Lipinski definition) is 1. The molecule has 3 unspecified atom stereocenters. The van der Waals surface area contributed by atoms with Gasteiger partial charge in [-0.15, -0.1) is 0 Å². The first-order chi connectivity index (χ1) is 13.1. The van der Waals surface area contributed by atoms with Gasteiger partial charge in [0.05, 0.1) is 11.1 Å². The van der Waals surface area contributed by atoms with E-state index in [1.165, 1.54) is 27.8 Å². The molecule has 0 amide bonds. The van der Waals surface area contributed by atoms with E-state index < -0.39 is 5.60 Å². The van der Waals surface area contributed by atoms with Crippen LogP contribution in [0.25, 0.3) is 0 Å². The third-order valence-corrected chi connectivity index (χ3v) is 8.43. The average molecular weight is 376 g/mol. The van der Waals surface area contributed by atoms with Crippen LogP contribution in [0.1, 0.15) is 68.9 Å². The lowest BCUT2D eigenvalue weighted by Crippen LogP contribution is -2.64. The molecule has 0 bridgehead atoms. The van der Waals surface area contributed by atoms with E-state index in [-0.39, 0.29) is 16.4 Å². The van der Waals surface area contributed by atoms with E-state index in [0.717, 1.165) is 32.4 Å². The number of rotatable bonds is 0. The van der Waals surface area contributed by atoms with E-state index in [2.05, 4.69) is 82.0 Å². The molecule has 5 rings (SSSR count). The van der Waals surface area contributed by atoms with Crippen molar-refractivity contribution in [2.75, 3.05) is 13.1 Å². The number of benzene rings is 2. The van der Waals surface area contributed by atoms with Crippen molar-refractivity contribution in [3.63, 3.8) is 0 Å². The average Bonchev–Trinajstić information content (AvgIpc) is 2.85. The monoisotopic (exact) mass is 375 g/mol. The first-order valence-electron chi connectivity index (χ1n) is 10.8. The maximum absolute atomic E-state index is 12.1. The summed E-state index contributed by atoms with van der Waals surface area (Å²) in [6.07, 6.45) is 3.01. The van der Waals surface area contributed by atoms with E-state index in [0.29, 0.717) is 0 Å². The molecular weight excluding hydrogens is 342 g/mol. The molecule has 1 aliphatic carbocycles. The SMILES string of the molecule is CC12CN3CCC(O)(C(C)(C)C)C3(C)c3cccc(c31)CCc1ccccc12. The van der Waals surface area contributed by atoms with E-state index in [1.807, 2.05) is 0 Å². The normalized spacial score (nSPS) is 34.4. The van der Waals surface area contributed by atoms with Gasteiger partial charge in [0.2, 0.25) is 0 Å². The Hall–Kier alpha value is -1.64. The third kappa shape index (κ3) is 2.01. The summed E-state index contributed by atoms with van der Waals surface area (Å²) in [7, 11) is 0. The lowest BCUT2D eigenvalue weighted by Gasteiger charge is -2.57. The van der Waals surface area contributed by atoms with Crippen LogP contribution in [0.5, 0.6) is 0 Å². The maximum atomic E-state index is 12.1. The summed E-state index contributed by atoms with van der Waals surface area (Å²) in [6, 6.07) is 15.9. The van der Waals surface area contributed by atoms with Crippen molar-refractivity contribution < 1.29 is 5.11 Å². The summed E-state index contributed by atoms with van der Waals surface area (Å²) >= 11 is 0. The molecule has 28 heavy (non-hydrogen) atoms. The molecule has 3 aliphatic rings. The molecule has 2 nitrogen and oxygen atoms in total. The first kappa shape index (κ1) is 18.4. The van der Waals surface area contributed by atoms with Gasteiger partial charge in [0.25, 0.3) is 0 Å². The summed E-state index contributed by atoms with van der Waals surface area (Å²) < 4.78 is 0. The fraction of sp³-hybridized carbons (Fsp3) is 0.538. The predicted octanol–water partition coefficient (Wildman–Crippen LogP) is 4.80. The summed E-state index contributed by atoms with van der Waals surface area (Å²) in [5.74, 6) is 0. The molecule has 0 aromatic heterocycles. The Kier molecular flexibility index (Phi) is 3.61. The van der Waals surface area contributed by atoms with Crippen LogP contribution < -0.4 is 0 Å². The van der Waals surface area contributed by atoms with Crippen LogP contribution in [-0.2, 0) is 23.8 Å². The fourth-order valence-electron chi connectivity index (χ4n) is 6.85. The molecule has 0 saturated carbocycles. The van der Waals surface area contributed by atoms with E-state index in [1.54, 1.807) is 0 Å². The topological polar surface area (TPSA) is 23.5 Å². The highest BCUT2D eigenvalue weighted by atomic mass is 16.3. The van der Waals surface area contributed by atoms with Crippen molar-refractivity contribution in [2.45, 2.75) is 70.4 Å². The summed E-state index contributed by atoms with van der Waals surface area (Å²) in [5, 5.41) is 12.1. The number of aliphatic hydroxyl groups is 1. The molecule has 2 aliphatic heterocycles. The maximum Gasteiger partial charge on any atom is 0.0929 e. The molecule has 1 N–H and O–H groups in total. The number of hydrogen-bond acceptors (Lipinski definition) is 2. The highest BCUT2D eigenvalue weighted by Crippen LogP contribution is 2.60. The van der Waals surface area contributed by atoms with Gasteiger partial charge in [0.15, 0.2) is 0 Å². The second kappa shape index (κ2) is 5.49. The fourth-order valence-corrected chi connectivity index (χ4v) is 6.85. The number of fused-ring (bicyclic) bond motifs is 4. The molecule has 2 aromatic rings. The predicted molar refractivity (Wildman–Crippen MR) is 115 cm³/mol. The summed E-state index contributed by atoms with van der Waals surface area (Å²) in [6.45, 7) is 13.3. The molecular formula is C26H33NO. The standard InChI is InChI=1S/C26H33NO/c1-23(2,3)26(28)15-16-27-17-24(4)20-11-7-6-9-18(20)13-14-19-10-8-12-21(22(19)24)25(26,27)5/h6-12,28H,13-17H2,1-5H3. The molecule has 2 aromatic carbocycles. The molecule has 3 atom stereocenters. The molecule has 0 spiro atoms. The van der Waals surface area contributed by atoms with Gasteiger partial charge in [-0.3, -0.25) is 4.90 Å². The van der Waals surface area contributed by atoms with E-state index >= 15 is 0 Å². The van der Waals surface area contributed by atoms with Crippen molar-refractivity contribution in [3.05, 3.63) is 70.3 Å². The van der Waals surface area contributed by atoms with Gasteiger partial charge in [-0.05, 0) is 59.4 Å². The van der Waals surface area contributed by atoms with Crippen molar-refractivity contribution in [2.24, 2.45) is 5.41 Å². The first-order valence-corrected chi connectivity index (χ1v) is 10.8. The third-order valence-electron chi connectivity index (χ3n) is 8.43. The Balaban J connectivity index is 1.84. The zero-order valence-electron chi connectivity index (χ0n) is 18.0. The lowest BCUT2D eigenvalue weighted by atomic mass is 9.58. The van der Waals surface area contributed by atoms with Gasteiger partial charge in [-0.25, -0.2) is 0 Å². The molecule has 2 heterocycles. The Labute approximate surface area is 169 Å². The second-order valence-corrected chi connectivity index (χ2v) is 10.7. The molecule has 0 radical (unpaired) electrons. The van der Waals surface area contributed by atoms with Gasteiger partial charge in [0.1, 0.15) is 0 Å². The highest BCUT2D eigenvalue weighted by molar-refractivity contribution is 5.57. The van der Waals surface area contributed by atoms with Gasteiger partial charge in [-0.2, -0.15) is 0 Å². The van der Waals surface area contributed by atoms with Crippen LogP contribution in [0.4, 0.5) is 0 Å². The van der Waals surface area contributed by atoms with Gasteiger partial charge in [0, 0.05) is 18.5 Å². The number of nitrogens with zero attached hydrogens (tertiary/aromatic N) is 1. The number of aryl methyl sites for hydroxylation is 2. The molecule has 148 valence electrons. The molecule has 1 fully saturated rings. The molecule has 1 saturated heterocycles. The van der Waals surface area contributed by atoms with Crippen LogP contribution in [0.3, 0.4) is 0 Å².